The topological polar surface area (TPSA) is 141 Å². The number of hydrogen-bond donors (Lipinski definition) is 5. The second kappa shape index (κ2) is 4.85. The van der Waals surface area contributed by atoms with Gasteiger partial charge in [0.15, 0.2) is 0 Å². The third kappa shape index (κ3) is 3.54. The maximum Gasteiger partial charge on any atom is 0.359 e. The lowest BCUT2D eigenvalue weighted by molar-refractivity contribution is -0.138. The molecular formula is C9H12NO6P. The highest BCUT2D eigenvalue weighted by Crippen LogP contribution is 2.37. The van der Waals surface area contributed by atoms with E-state index < -0.39 is 30.7 Å². The fraction of sp³-hybridized carbons (Fsp3) is 0.222. The molecule has 6 N–H and O–H groups in total. The van der Waals surface area contributed by atoms with E-state index >= 15 is 0 Å². The molecule has 0 heterocycles. The van der Waals surface area contributed by atoms with E-state index in [1.165, 1.54) is 6.07 Å². The van der Waals surface area contributed by atoms with Crippen molar-refractivity contribution in [2.75, 3.05) is 0 Å². The number of carbonyl (C=O) groups is 1. The lowest BCUT2D eigenvalue weighted by Gasteiger charge is -2.10. The molecule has 0 aliphatic heterocycles. The van der Waals surface area contributed by atoms with Gasteiger partial charge in [0.25, 0.3) is 0 Å². The molecule has 0 saturated heterocycles. The van der Waals surface area contributed by atoms with E-state index in [9.17, 15) is 14.5 Å². The van der Waals surface area contributed by atoms with Crippen LogP contribution in [0.4, 0.5) is 0 Å². The molecule has 0 bridgehead atoms. The minimum Gasteiger partial charge on any atom is -0.507 e. The van der Waals surface area contributed by atoms with Crippen LogP contribution >= 0.6 is 7.60 Å². The summed E-state index contributed by atoms with van der Waals surface area (Å²) in [6.45, 7) is 0. The van der Waals surface area contributed by atoms with Crippen LogP contribution in [0.25, 0.3) is 0 Å². The van der Waals surface area contributed by atoms with E-state index in [-0.39, 0.29) is 6.42 Å². The minimum atomic E-state index is -4.53. The molecule has 7 nitrogen and oxygen atoms in total. The van der Waals surface area contributed by atoms with E-state index in [0.717, 1.165) is 12.1 Å². The smallest absolute Gasteiger partial charge is 0.359 e. The van der Waals surface area contributed by atoms with Gasteiger partial charge in [-0.05, 0) is 24.1 Å². The zero-order valence-electron chi connectivity index (χ0n) is 8.65. The number of phenols is 1. The first-order valence-corrected chi connectivity index (χ1v) is 6.19. The van der Waals surface area contributed by atoms with Crippen molar-refractivity contribution in [3.63, 3.8) is 0 Å². The van der Waals surface area contributed by atoms with E-state index in [1.807, 2.05) is 0 Å². The average molecular weight is 261 g/mol. The predicted molar refractivity (Wildman–Crippen MR) is 59.1 cm³/mol. The number of rotatable bonds is 4. The van der Waals surface area contributed by atoms with Crippen LogP contribution in [0.2, 0.25) is 0 Å². The first-order chi connectivity index (χ1) is 7.71. The van der Waals surface area contributed by atoms with Crippen LogP contribution in [-0.4, -0.2) is 32.0 Å². The SMILES string of the molecule is N[C@@H](Cc1ccc(P(=O)(O)O)c(O)c1)C(=O)O. The quantitative estimate of drug-likeness (QED) is 0.444. The Balaban J connectivity index is 2.98. The van der Waals surface area contributed by atoms with E-state index in [1.54, 1.807) is 0 Å². The molecule has 1 rings (SSSR count). The number of benzene rings is 1. The Labute approximate surface area is 96.7 Å². The van der Waals surface area contributed by atoms with Gasteiger partial charge >= 0.3 is 13.6 Å². The number of aromatic hydroxyl groups is 1. The zero-order chi connectivity index (χ0) is 13.2. The van der Waals surface area contributed by atoms with Crippen LogP contribution in [0.3, 0.4) is 0 Å². The van der Waals surface area contributed by atoms with Gasteiger partial charge in [-0.25, -0.2) is 0 Å². The molecule has 0 spiro atoms. The molecule has 1 atom stereocenters. The first-order valence-electron chi connectivity index (χ1n) is 4.58. The number of phenolic OH excluding ortho intramolecular Hbond substituents is 1. The standard InChI is InChI=1S/C9H12NO6P/c10-6(9(12)13)3-5-1-2-8(7(11)4-5)17(14,15)16/h1-2,4,6,11H,3,10H2,(H,12,13)(H2,14,15,16)/t6-/m0/s1. The van der Waals surface area contributed by atoms with Crippen molar-refractivity contribution in [3.8, 4) is 5.75 Å². The third-order valence-electron chi connectivity index (χ3n) is 2.13. The van der Waals surface area contributed by atoms with Crippen molar-refractivity contribution in [2.45, 2.75) is 12.5 Å². The molecule has 8 heteroatoms. The largest absolute Gasteiger partial charge is 0.507 e. The molecule has 0 amide bonds. The third-order valence-corrected chi connectivity index (χ3v) is 3.13. The highest BCUT2D eigenvalue weighted by Gasteiger charge is 2.22. The highest BCUT2D eigenvalue weighted by molar-refractivity contribution is 7.60. The Morgan fingerprint density at radius 3 is 2.41 bits per heavy atom. The molecule has 0 fully saturated rings. The molecule has 0 saturated carbocycles. The maximum atomic E-state index is 10.9. The molecular weight excluding hydrogens is 249 g/mol. The van der Waals surface area contributed by atoms with Crippen LogP contribution in [0, 0.1) is 0 Å². The Morgan fingerprint density at radius 2 is 2.00 bits per heavy atom. The lowest BCUT2D eigenvalue weighted by atomic mass is 10.1. The molecule has 0 aliphatic rings. The number of nitrogens with two attached hydrogens (primary N) is 1. The van der Waals surface area contributed by atoms with Gasteiger partial charge in [-0.1, -0.05) is 6.07 Å². The summed E-state index contributed by atoms with van der Waals surface area (Å²) in [5, 5.41) is 17.5. The molecule has 17 heavy (non-hydrogen) atoms. The van der Waals surface area contributed by atoms with E-state index in [4.69, 9.17) is 20.6 Å². The van der Waals surface area contributed by atoms with Crippen LogP contribution in [0.1, 0.15) is 5.56 Å². The van der Waals surface area contributed by atoms with Gasteiger partial charge in [0, 0.05) is 0 Å². The number of hydrogen-bond acceptors (Lipinski definition) is 4. The average Bonchev–Trinajstić information content (AvgIpc) is 2.15. The van der Waals surface area contributed by atoms with Crippen molar-refractivity contribution in [1.29, 1.82) is 0 Å². The number of aliphatic carboxylic acids is 1. The van der Waals surface area contributed by atoms with Gasteiger partial charge < -0.3 is 25.7 Å². The minimum absolute atomic E-state index is 0.0374. The fourth-order valence-electron chi connectivity index (χ4n) is 1.28. The van der Waals surface area contributed by atoms with Gasteiger partial charge in [0.1, 0.15) is 17.1 Å². The summed E-state index contributed by atoms with van der Waals surface area (Å²) in [7, 11) is -4.53. The van der Waals surface area contributed by atoms with Crippen LogP contribution in [-0.2, 0) is 15.8 Å². The molecule has 0 unspecified atom stereocenters. The Bertz CT molecular complexity index is 482. The number of carboxylic acids is 1. The summed E-state index contributed by atoms with van der Waals surface area (Å²) in [4.78, 5) is 28.2. The van der Waals surface area contributed by atoms with Crippen molar-refractivity contribution >= 4 is 18.9 Å². The number of carboxylic acid groups (broad SMARTS) is 1. The summed E-state index contributed by atoms with van der Waals surface area (Å²) in [5.74, 6) is -1.77. The Hall–Kier alpha value is -1.40. The monoisotopic (exact) mass is 261 g/mol. The lowest BCUT2D eigenvalue weighted by Crippen LogP contribution is -2.32. The Morgan fingerprint density at radius 1 is 1.41 bits per heavy atom. The van der Waals surface area contributed by atoms with Gasteiger partial charge in [0.05, 0.1) is 0 Å². The van der Waals surface area contributed by atoms with Gasteiger partial charge in [-0.2, -0.15) is 0 Å². The van der Waals surface area contributed by atoms with Crippen LogP contribution in [0.5, 0.6) is 5.75 Å². The summed E-state index contributed by atoms with van der Waals surface area (Å²) in [6.07, 6.45) is -0.0374. The fourth-order valence-corrected chi connectivity index (χ4v) is 1.92. The van der Waals surface area contributed by atoms with Crippen LogP contribution < -0.4 is 11.0 Å². The van der Waals surface area contributed by atoms with Crippen molar-refractivity contribution in [2.24, 2.45) is 5.73 Å². The normalized spacial score (nSPS) is 13.4. The van der Waals surface area contributed by atoms with Gasteiger partial charge in [-0.15, -0.1) is 0 Å². The molecule has 1 aromatic rings. The van der Waals surface area contributed by atoms with Gasteiger partial charge in [0.2, 0.25) is 0 Å². The molecule has 0 aliphatic carbocycles. The molecule has 0 radical (unpaired) electrons. The van der Waals surface area contributed by atoms with E-state index in [0.29, 0.717) is 5.56 Å². The molecule has 94 valence electrons. The molecule has 0 aromatic heterocycles. The summed E-state index contributed by atoms with van der Waals surface area (Å²) in [6, 6.07) is 2.34. The van der Waals surface area contributed by atoms with Crippen molar-refractivity contribution in [1.82, 2.24) is 0 Å². The Kier molecular flexibility index (Phi) is 3.90. The maximum absolute atomic E-state index is 10.9. The van der Waals surface area contributed by atoms with Crippen molar-refractivity contribution < 1.29 is 29.4 Å². The zero-order valence-corrected chi connectivity index (χ0v) is 9.54. The van der Waals surface area contributed by atoms with Gasteiger partial charge in [-0.3, -0.25) is 9.36 Å². The summed E-state index contributed by atoms with van der Waals surface area (Å²) in [5.41, 5.74) is 5.67. The summed E-state index contributed by atoms with van der Waals surface area (Å²) >= 11 is 0. The van der Waals surface area contributed by atoms with Crippen molar-refractivity contribution in [3.05, 3.63) is 23.8 Å². The van der Waals surface area contributed by atoms with Crippen LogP contribution in [0.15, 0.2) is 18.2 Å². The second-order valence-corrected chi connectivity index (χ2v) is 5.09. The highest BCUT2D eigenvalue weighted by atomic mass is 31.2. The molecule has 1 aromatic carbocycles. The predicted octanol–water partition coefficient (Wildman–Crippen LogP) is -0.850. The summed E-state index contributed by atoms with van der Waals surface area (Å²) < 4.78 is 10.9. The second-order valence-electron chi connectivity index (χ2n) is 3.52. The first kappa shape index (κ1) is 13.7. The van der Waals surface area contributed by atoms with E-state index in [2.05, 4.69) is 0 Å².